The predicted octanol–water partition coefficient (Wildman–Crippen LogP) is 8.78. The second kappa shape index (κ2) is 12.7. The molecule has 0 N–H and O–H groups in total. The molecular weight excluding hydrogens is 386 g/mol. The van der Waals surface area contributed by atoms with E-state index in [1.54, 1.807) is 0 Å². The smallest absolute Gasteiger partial charge is 0.160 e. The molecule has 1 saturated carbocycles. The first-order valence-electron chi connectivity index (χ1n) is 12.2. The third kappa shape index (κ3) is 7.80. The van der Waals surface area contributed by atoms with Crippen molar-refractivity contribution in [2.45, 2.75) is 89.9 Å². The van der Waals surface area contributed by atoms with E-state index < -0.39 is 11.6 Å². The van der Waals surface area contributed by atoms with E-state index in [1.165, 1.54) is 88.7 Å². The van der Waals surface area contributed by atoms with Gasteiger partial charge in [-0.15, -0.1) is 0 Å². The highest BCUT2D eigenvalue weighted by Gasteiger charge is 2.21. The molecule has 1 aliphatic carbocycles. The summed E-state index contributed by atoms with van der Waals surface area (Å²) in [6.45, 7) is 2.28. The van der Waals surface area contributed by atoms with Crippen molar-refractivity contribution in [3.05, 3.63) is 70.8 Å². The topological polar surface area (TPSA) is 0 Å². The van der Waals surface area contributed by atoms with Crippen LogP contribution in [0.1, 0.15) is 107 Å². The largest absolute Gasteiger partial charge is 0.204 e. The van der Waals surface area contributed by atoms with Gasteiger partial charge in [-0.3, -0.25) is 0 Å². The molecule has 0 aliphatic heterocycles. The van der Waals surface area contributed by atoms with E-state index in [0.717, 1.165) is 23.6 Å². The zero-order valence-electron chi connectivity index (χ0n) is 18.9. The number of hydrogen-bond acceptors (Lipinski definition) is 0. The van der Waals surface area contributed by atoms with Crippen molar-refractivity contribution in [2.24, 2.45) is 5.92 Å². The van der Waals surface area contributed by atoms with Crippen LogP contribution in [0.25, 0.3) is 0 Å². The van der Waals surface area contributed by atoms with Crippen LogP contribution >= 0.6 is 0 Å². The van der Waals surface area contributed by atoms with Crippen LogP contribution in [0.15, 0.2) is 42.5 Å². The number of halogens is 2. The molecule has 0 aromatic heterocycles. The maximum absolute atomic E-state index is 13.3. The molecule has 0 amide bonds. The summed E-state index contributed by atoms with van der Waals surface area (Å²) in [6.07, 6.45) is 16.5. The fourth-order valence-electron chi connectivity index (χ4n) is 4.73. The van der Waals surface area contributed by atoms with Gasteiger partial charge in [-0.2, -0.15) is 0 Å². The molecule has 1 aliphatic rings. The van der Waals surface area contributed by atoms with Crippen molar-refractivity contribution in [3.63, 3.8) is 0 Å². The second-order valence-corrected chi connectivity index (χ2v) is 9.13. The third-order valence-corrected chi connectivity index (χ3v) is 6.72. The number of rotatable bonds is 9. The summed E-state index contributed by atoms with van der Waals surface area (Å²) in [5, 5.41) is 0. The standard InChI is InChI=1S/C29H36F2/c1-2-3-4-5-6-7-8-9-23-12-17-26(18-13-23)27-19-14-24(15-20-27)10-11-25-16-21-28(30)29(31)22-25/h14-16,19-23,26H,2-9,12-13,17-18H2,1H3. The second-order valence-electron chi connectivity index (χ2n) is 9.13. The fraction of sp³-hybridized carbons (Fsp3) is 0.517. The molecule has 0 saturated heterocycles. The highest BCUT2D eigenvalue weighted by atomic mass is 19.2. The van der Waals surface area contributed by atoms with Gasteiger partial charge in [-0.25, -0.2) is 8.78 Å². The Kier molecular flexibility index (Phi) is 9.60. The minimum atomic E-state index is -0.857. The van der Waals surface area contributed by atoms with Gasteiger partial charge in [0, 0.05) is 11.1 Å². The SMILES string of the molecule is CCCCCCCCCC1CCC(c2ccc(C#Cc3ccc(F)c(F)c3)cc2)CC1. The maximum Gasteiger partial charge on any atom is 0.160 e. The summed E-state index contributed by atoms with van der Waals surface area (Å²) in [4.78, 5) is 0. The third-order valence-electron chi connectivity index (χ3n) is 6.72. The van der Waals surface area contributed by atoms with Crippen molar-refractivity contribution in [3.8, 4) is 11.8 Å². The molecule has 3 rings (SSSR count). The first-order valence-corrected chi connectivity index (χ1v) is 12.2. The van der Waals surface area contributed by atoms with E-state index in [-0.39, 0.29) is 0 Å². The van der Waals surface area contributed by atoms with Crippen LogP contribution in [0.4, 0.5) is 8.78 Å². The lowest BCUT2D eigenvalue weighted by molar-refractivity contribution is 0.302. The number of hydrogen-bond donors (Lipinski definition) is 0. The average molecular weight is 423 g/mol. The van der Waals surface area contributed by atoms with E-state index in [0.29, 0.717) is 11.5 Å². The van der Waals surface area contributed by atoms with Crippen molar-refractivity contribution in [2.75, 3.05) is 0 Å². The summed E-state index contributed by atoms with van der Waals surface area (Å²) in [6, 6.07) is 12.2. The highest BCUT2D eigenvalue weighted by Crippen LogP contribution is 2.37. The lowest BCUT2D eigenvalue weighted by Crippen LogP contribution is -2.13. The first kappa shape index (κ1) is 23.5. The van der Waals surface area contributed by atoms with Gasteiger partial charge >= 0.3 is 0 Å². The summed E-state index contributed by atoms with van der Waals surface area (Å²) >= 11 is 0. The molecule has 0 unspecified atom stereocenters. The van der Waals surface area contributed by atoms with E-state index in [2.05, 4.69) is 30.9 Å². The summed E-state index contributed by atoms with van der Waals surface area (Å²) in [5.74, 6) is 5.86. The normalized spacial score (nSPS) is 18.4. The van der Waals surface area contributed by atoms with Crippen molar-refractivity contribution >= 4 is 0 Å². The Balaban J connectivity index is 1.40. The fourth-order valence-corrected chi connectivity index (χ4v) is 4.73. The quantitative estimate of drug-likeness (QED) is 0.280. The molecule has 166 valence electrons. The summed E-state index contributed by atoms with van der Waals surface area (Å²) in [5.41, 5.74) is 2.80. The molecule has 2 aromatic rings. The first-order chi connectivity index (χ1) is 15.2. The van der Waals surface area contributed by atoms with Gasteiger partial charge in [0.15, 0.2) is 11.6 Å². The predicted molar refractivity (Wildman–Crippen MR) is 126 cm³/mol. The maximum atomic E-state index is 13.3. The zero-order chi connectivity index (χ0) is 21.9. The Morgan fingerprint density at radius 1 is 0.710 bits per heavy atom. The molecule has 1 fully saturated rings. The van der Waals surface area contributed by atoms with Crippen LogP contribution in [0.3, 0.4) is 0 Å². The molecule has 2 heteroatoms. The monoisotopic (exact) mass is 422 g/mol. The number of unbranched alkanes of at least 4 members (excludes halogenated alkanes) is 6. The van der Waals surface area contributed by atoms with Gasteiger partial charge in [-0.1, -0.05) is 82.3 Å². The Bertz CT molecular complexity index is 849. The Labute approximate surface area is 187 Å². The van der Waals surface area contributed by atoms with Gasteiger partial charge in [0.25, 0.3) is 0 Å². The van der Waals surface area contributed by atoms with Gasteiger partial charge < -0.3 is 0 Å². The molecule has 0 radical (unpaired) electrons. The summed E-state index contributed by atoms with van der Waals surface area (Å²) in [7, 11) is 0. The van der Waals surface area contributed by atoms with Crippen LogP contribution in [-0.2, 0) is 0 Å². The minimum Gasteiger partial charge on any atom is -0.204 e. The molecule has 0 spiro atoms. The molecule has 0 nitrogen and oxygen atoms in total. The Morgan fingerprint density at radius 2 is 1.32 bits per heavy atom. The minimum absolute atomic E-state index is 0.488. The zero-order valence-corrected chi connectivity index (χ0v) is 18.9. The van der Waals surface area contributed by atoms with Gasteiger partial charge in [-0.05, 0) is 73.4 Å². The van der Waals surface area contributed by atoms with Gasteiger partial charge in [0.2, 0.25) is 0 Å². The van der Waals surface area contributed by atoms with Gasteiger partial charge in [0.1, 0.15) is 0 Å². The van der Waals surface area contributed by atoms with Crippen molar-refractivity contribution in [1.29, 1.82) is 0 Å². The average Bonchev–Trinajstić information content (AvgIpc) is 2.80. The lowest BCUT2D eigenvalue weighted by Gasteiger charge is -2.29. The highest BCUT2D eigenvalue weighted by molar-refractivity contribution is 5.44. The molecular formula is C29H36F2. The Morgan fingerprint density at radius 3 is 2.00 bits per heavy atom. The summed E-state index contributed by atoms with van der Waals surface area (Å²) < 4.78 is 26.3. The molecule has 31 heavy (non-hydrogen) atoms. The molecule has 0 atom stereocenters. The number of benzene rings is 2. The van der Waals surface area contributed by atoms with Crippen molar-refractivity contribution in [1.82, 2.24) is 0 Å². The Hall–Kier alpha value is -2.14. The van der Waals surface area contributed by atoms with Gasteiger partial charge in [0.05, 0.1) is 0 Å². The lowest BCUT2D eigenvalue weighted by atomic mass is 9.77. The van der Waals surface area contributed by atoms with Crippen LogP contribution in [0.2, 0.25) is 0 Å². The van der Waals surface area contributed by atoms with E-state index in [1.807, 2.05) is 12.1 Å². The molecule has 0 heterocycles. The molecule has 0 bridgehead atoms. The van der Waals surface area contributed by atoms with Crippen LogP contribution in [0.5, 0.6) is 0 Å². The van der Waals surface area contributed by atoms with Crippen LogP contribution < -0.4 is 0 Å². The van der Waals surface area contributed by atoms with Crippen molar-refractivity contribution < 1.29 is 8.78 Å². The van der Waals surface area contributed by atoms with E-state index >= 15 is 0 Å². The van der Waals surface area contributed by atoms with Crippen LogP contribution in [-0.4, -0.2) is 0 Å². The molecule has 2 aromatic carbocycles. The van der Waals surface area contributed by atoms with E-state index in [9.17, 15) is 8.78 Å². The van der Waals surface area contributed by atoms with E-state index in [4.69, 9.17) is 0 Å². The van der Waals surface area contributed by atoms with Crippen LogP contribution in [0, 0.1) is 29.4 Å².